The molecule has 2 aromatic rings. The van der Waals surface area contributed by atoms with Gasteiger partial charge in [0, 0.05) is 30.9 Å². The highest BCUT2D eigenvalue weighted by Crippen LogP contribution is 2.35. The van der Waals surface area contributed by atoms with Crippen LogP contribution in [0.25, 0.3) is 0 Å². The molecule has 0 saturated carbocycles. The average Bonchev–Trinajstić information content (AvgIpc) is 2.69. The molecule has 0 unspecified atom stereocenters. The minimum Gasteiger partial charge on any atom is -0.488 e. The first kappa shape index (κ1) is 23.3. The molecule has 0 radical (unpaired) electrons. The Bertz CT molecular complexity index is 830. The second-order valence-electron chi connectivity index (χ2n) is 7.19. The summed E-state index contributed by atoms with van der Waals surface area (Å²) in [6, 6.07) is 9.02. The lowest BCUT2D eigenvalue weighted by atomic mass is 10.2. The second kappa shape index (κ2) is 11.9. The van der Waals surface area contributed by atoms with Gasteiger partial charge in [-0.1, -0.05) is 19.8 Å². The van der Waals surface area contributed by atoms with Gasteiger partial charge in [-0.25, -0.2) is 9.18 Å². The third-order valence-electron chi connectivity index (χ3n) is 4.26. The Morgan fingerprint density at radius 1 is 1.13 bits per heavy atom. The van der Waals surface area contributed by atoms with E-state index < -0.39 is 5.82 Å². The molecule has 0 aliphatic carbocycles. The highest BCUT2D eigenvalue weighted by atomic mass is 19.1. The van der Waals surface area contributed by atoms with Crippen molar-refractivity contribution in [2.75, 3.05) is 44.8 Å². The van der Waals surface area contributed by atoms with Crippen LogP contribution in [0.2, 0.25) is 0 Å². The molecule has 0 aromatic heterocycles. The number of hydrogen-bond donors (Lipinski definition) is 3. The Kier molecular flexibility index (Phi) is 9.21. The van der Waals surface area contributed by atoms with Crippen LogP contribution in [-0.4, -0.2) is 44.7 Å². The van der Waals surface area contributed by atoms with E-state index in [0.29, 0.717) is 42.6 Å². The van der Waals surface area contributed by atoms with Crippen LogP contribution in [-0.2, 0) is 0 Å². The molecule has 2 aromatic carbocycles. The number of nitrogens with one attached hydrogen (secondary N) is 2. The lowest BCUT2D eigenvalue weighted by Crippen LogP contribution is -2.29. The molecule has 0 atom stereocenters. The fourth-order valence-electron chi connectivity index (χ4n) is 2.57. The van der Waals surface area contributed by atoms with Gasteiger partial charge in [0.2, 0.25) is 0 Å². The number of nitrogens with two attached hydrogens (primary N) is 1. The van der Waals surface area contributed by atoms with Gasteiger partial charge in [0.1, 0.15) is 18.2 Å². The van der Waals surface area contributed by atoms with E-state index in [1.807, 2.05) is 19.0 Å². The van der Waals surface area contributed by atoms with Gasteiger partial charge in [-0.05, 0) is 44.8 Å². The molecule has 2 rings (SSSR count). The highest BCUT2D eigenvalue weighted by Gasteiger charge is 2.11. The van der Waals surface area contributed by atoms with Crippen molar-refractivity contribution >= 4 is 17.4 Å². The van der Waals surface area contributed by atoms with Crippen LogP contribution in [0.4, 0.5) is 20.6 Å². The predicted molar refractivity (Wildman–Crippen MR) is 118 cm³/mol. The number of anilines is 2. The first-order chi connectivity index (χ1) is 14.4. The number of ether oxygens (including phenoxy) is 2. The maximum Gasteiger partial charge on any atom is 0.319 e. The van der Waals surface area contributed by atoms with E-state index in [1.54, 1.807) is 24.3 Å². The van der Waals surface area contributed by atoms with Crippen LogP contribution in [0.5, 0.6) is 17.2 Å². The van der Waals surface area contributed by atoms with Crippen molar-refractivity contribution in [3.63, 3.8) is 0 Å². The molecule has 0 bridgehead atoms. The number of unbranched alkanes of at least 4 members (excludes halogenated alkanes) is 2. The van der Waals surface area contributed by atoms with Crippen LogP contribution in [0.1, 0.15) is 26.2 Å². The molecular weight excluding hydrogens is 387 g/mol. The number of likely N-dealkylation sites (N-methyl/N-ethyl adjacent to an activating group) is 1. The molecular formula is C22H31FN4O3. The van der Waals surface area contributed by atoms with E-state index in [-0.39, 0.29) is 11.7 Å². The lowest BCUT2D eigenvalue weighted by Gasteiger charge is -2.16. The summed E-state index contributed by atoms with van der Waals surface area (Å²) in [4.78, 5) is 14.1. The monoisotopic (exact) mass is 418 g/mol. The van der Waals surface area contributed by atoms with Crippen LogP contribution in [0.15, 0.2) is 36.4 Å². The van der Waals surface area contributed by atoms with Crippen molar-refractivity contribution < 1.29 is 18.7 Å². The van der Waals surface area contributed by atoms with Crippen LogP contribution >= 0.6 is 0 Å². The van der Waals surface area contributed by atoms with E-state index in [2.05, 4.69) is 17.6 Å². The molecule has 0 aliphatic rings. The first-order valence-electron chi connectivity index (χ1n) is 10.1. The van der Waals surface area contributed by atoms with E-state index in [0.717, 1.165) is 19.3 Å². The van der Waals surface area contributed by atoms with Crippen molar-refractivity contribution in [3.8, 4) is 17.2 Å². The van der Waals surface area contributed by atoms with Crippen molar-refractivity contribution in [2.24, 2.45) is 0 Å². The van der Waals surface area contributed by atoms with Crippen LogP contribution in [0.3, 0.4) is 0 Å². The molecule has 8 heteroatoms. The zero-order chi connectivity index (χ0) is 21.9. The van der Waals surface area contributed by atoms with Crippen molar-refractivity contribution in [1.29, 1.82) is 0 Å². The lowest BCUT2D eigenvalue weighted by molar-refractivity contribution is 0.251. The molecule has 0 aliphatic heterocycles. The number of nitrogen functional groups attached to an aromatic ring is 1. The van der Waals surface area contributed by atoms with Crippen molar-refractivity contribution in [1.82, 2.24) is 10.2 Å². The van der Waals surface area contributed by atoms with E-state index >= 15 is 0 Å². The topological polar surface area (TPSA) is 88.8 Å². The summed E-state index contributed by atoms with van der Waals surface area (Å²) in [6.07, 6.45) is 3.10. The van der Waals surface area contributed by atoms with E-state index in [9.17, 15) is 9.18 Å². The normalized spacial score (nSPS) is 10.7. The fraction of sp³-hybridized carbons (Fsp3) is 0.409. The first-order valence-corrected chi connectivity index (χ1v) is 10.1. The number of benzene rings is 2. The third-order valence-corrected chi connectivity index (χ3v) is 4.26. The number of hydrogen-bond acceptors (Lipinski definition) is 5. The molecule has 4 N–H and O–H groups in total. The molecule has 0 heterocycles. The van der Waals surface area contributed by atoms with Gasteiger partial charge in [-0.15, -0.1) is 0 Å². The van der Waals surface area contributed by atoms with Crippen molar-refractivity contribution in [3.05, 3.63) is 42.2 Å². The minimum absolute atomic E-state index is 0.0503. The summed E-state index contributed by atoms with van der Waals surface area (Å²) in [5.41, 5.74) is 6.14. The van der Waals surface area contributed by atoms with E-state index in [1.165, 1.54) is 12.1 Å². The average molecular weight is 419 g/mol. The number of amides is 2. The van der Waals surface area contributed by atoms with Gasteiger partial charge >= 0.3 is 6.03 Å². The predicted octanol–water partition coefficient (Wildman–Crippen LogP) is 4.45. The second-order valence-corrected chi connectivity index (χ2v) is 7.19. The highest BCUT2D eigenvalue weighted by molar-refractivity contribution is 5.89. The number of rotatable bonds is 11. The Balaban J connectivity index is 2.11. The molecule has 7 nitrogen and oxygen atoms in total. The fourth-order valence-corrected chi connectivity index (χ4v) is 2.57. The molecule has 0 saturated heterocycles. The summed E-state index contributed by atoms with van der Waals surface area (Å²) in [5.74, 6) is 0.596. The molecule has 164 valence electrons. The number of carbonyl (C=O) groups is 1. The maximum absolute atomic E-state index is 13.7. The SMILES string of the molecule is CCCCCNC(=O)Nc1ccc(Oc2ccc(N)c(F)c2)c(OCCN(C)C)c1. The van der Waals surface area contributed by atoms with Gasteiger partial charge in [-0.2, -0.15) is 0 Å². The summed E-state index contributed by atoms with van der Waals surface area (Å²) >= 11 is 0. The molecule has 30 heavy (non-hydrogen) atoms. The van der Waals surface area contributed by atoms with Crippen LogP contribution in [0, 0.1) is 5.82 Å². The van der Waals surface area contributed by atoms with Crippen LogP contribution < -0.4 is 25.8 Å². The number of carbonyl (C=O) groups excluding carboxylic acids is 1. The summed E-state index contributed by atoms with van der Waals surface area (Å²) in [5, 5.41) is 5.62. The summed E-state index contributed by atoms with van der Waals surface area (Å²) < 4.78 is 25.4. The number of nitrogens with zero attached hydrogens (tertiary/aromatic N) is 1. The Morgan fingerprint density at radius 2 is 1.93 bits per heavy atom. The smallest absolute Gasteiger partial charge is 0.319 e. The number of halogens is 1. The van der Waals surface area contributed by atoms with Gasteiger partial charge in [-0.3, -0.25) is 0 Å². The van der Waals surface area contributed by atoms with Gasteiger partial charge in [0.25, 0.3) is 0 Å². The Hall–Kier alpha value is -3.00. The standard InChI is InChI=1S/C22H31FN4O3/c1-4-5-6-11-25-22(28)26-16-7-10-20(21(14-16)29-13-12-27(2)3)30-17-8-9-19(24)18(23)15-17/h7-10,14-15H,4-6,11-13,24H2,1-3H3,(H2,25,26,28). The summed E-state index contributed by atoms with van der Waals surface area (Å²) in [7, 11) is 3.89. The Morgan fingerprint density at radius 3 is 2.63 bits per heavy atom. The minimum atomic E-state index is -0.555. The number of urea groups is 1. The molecule has 0 spiro atoms. The quantitative estimate of drug-likeness (QED) is 0.371. The van der Waals surface area contributed by atoms with Crippen molar-refractivity contribution in [2.45, 2.75) is 26.2 Å². The molecule has 0 fully saturated rings. The zero-order valence-electron chi connectivity index (χ0n) is 17.8. The van der Waals surface area contributed by atoms with Gasteiger partial charge in [0.15, 0.2) is 11.5 Å². The molecule has 2 amide bonds. The third kappa shape index (κ3) is 7.79. The van der Waals surface area contributed by atoms with E-state index in [4.69, 9.17) is 15.2 Å². The zero-order valence-corrected chi connectivity index (χ0v) is 17.8. The van der Waals surface area contributed by atoms with Gasteiger partial charge in [0.05, 0.1) is 5.69 Å². The summed E-state index contributed by atoms with van der Waals surface area (Å²) in [6.45, 7) is 3.85. The largest absolute Gasteiger partial charge is 0.488 e. The Labute approximate surface area is 177 Å². The maximum atomic E-state index is 13.7. The van der Waals surface area contributed by atoms with Gasteiger partial charge < -0.3 is 30.7 Å².